The molecular formula is C14H18N2O. The highest BCUT2D eigenvalue weighted by Crippen LogP contribution is 2.29. The van der Waals surface area contributed by atoms with Gasteiger partial charge in [0.05, 0.1) is 11.1 Å². The van der Waals surface area contributed by atoms with Crippen LogP contribution in [0.3, 0.4) is 0 Å². The predicted octanol–water partition coefficient (Wildman–Crippen LogP) is 2.52. The molecule has 3 nitrogen and oxygen atoms in total. The van der Waals surface area contributed by atoms with Crippen LogP contribution in [0.1, 0.15) is 36.8 Å². The first-order valence-electron chi connectivity index (χ1n) is 6.06. The average molecular weight is 230 g/mol. The van der Waals surface area contributed by atoms with E-state index in [1.54, 1.807) is 6.07 Å². The minimum atomic E-state index is -0.199. The van der Waals surface area contributed by atoms with Gasteiger partial charge in [0.25, 0.3) is 0 Å². The second kappa shape index (κ2) is 4.77. The van der Waals surface area contributed by atoms with Crippen molar-refractivity contribution in [3.63, 3.8) is 0 Å². The predicted molar refractivity (Wildman–Crippen MR) is 66.8 cm³/mol. The van der Waals surface area contributed by atoms with E-state index in [1.807, 2.05) is 19.1 Å². The van der Waals surface area contributed by atoms with E-state index in [-0.39, 0.29) is 5.54 Å². The molecule has 0 aliphatic heterocycles. The molecule has 3 heteroatoms. The first kappa shape index (κ1) is 11.9. The van der Waals surface area contributed by atoms with Crippen LogP contribution in [-0.2, 0) is 0 Å². The van der Waals surface area contributed by atoms with Gasteiger partial charge >= 0.3 is 0 Å². The second-order valence-electron chi connectivity index (χ2n) is 4.92. The van der Waals surface area contributed by atoms with Crippen LogP contribution >= 0.6 is 0 Å². The molecular weight excluding hydrogens is 212 g/mol. The third kappa shape index (κ3) is 2.59. The van der Waals surface area contributed by atoms with Crippen molar-refractivity contribution in [1.29, 1.82) is 5.26 Å². The van der Waals surface area contributed by atoms with E-state index in [0.717, 1.165) is 18.4 Å². The van der Waals surface area contributed by atoms with E-state index in [9.17, 15) is 0 Å². The highest BCUT2D eigenvalue weighted by Gasteiger charge is 2.30. The molecule has 17 heavy (non-hydrogen) atoms. The normalized spacial score (nSPS) is 17.7. The summed E-state index contributed by atoms with van der Waals surface area (Å²) >= 11 is 0. The average Bonchev–Trinajstić information content (AvgIpc) is 2.75. The maximum absolute atomic E-state index is 9.04. The fourth-order valence-electron chi connectivity index (χ4n) is 2.37. The van der Waals surface area contributed by atoms with Crippen LogP contribution in [0.15, 0.2) is 18.2 Å². The molecule has 1 fully saturated rings. The van der Waals surface area contributed by atoms with Gasteiger partial charge in [-0.3, -0.25) is 0 Å². The van der Waals surface area contributed by atoms with Crippen molar-refractivity contribution in [1.82, 2.24) is 0 Å². The maximum atomic E-state index is 9.04. The first-order valence-corrected chi connectivity index (χ1v) is 6.06. The van der Waals surface area contributed by atoms with Gasteiger partial charge in [-0.15, -0.1) is 0 Å². The number of benzene rings is 1. The van der Waals surface area contributed by atoms with Gasteiger partial charge in [-0.1, -0.05) is 25.0 Å². The molecule has 0 unspecified atom stereocenters. The number of nitrogens with two attached hydrogens (primary N) is 1. The molecule has 0 aromatic heterocycles. The third-order valence-corrected chi connectivity index (χ3v) is 3.44. The number of ether oxygens (including phenoxy) is 1. The summed E-state index contributed by atoms with van der Waals surface area (Å²) in [4.78, 5) is 0. The SMILES string of the molecule is Cc1cccc(C#N)c1OCC1(N)CCCC1. The van der Waals surface area contributed by atoms with E-state index in [0.29, 0.717) is 17.9 Å². The van der Waals surface area contributed by atoms with E-state index in [2.05, 4.69) is 6.07 Å². The van der Waals surface area contributed by atoms with Gasteiger partial charge in [-0.2, -0.15) is 5.26 Å². The number of aryl methyl sites for hydroxylation is 1. The van der Waals surface area contributed by atoms with Crippen molar-refractivity contribution >= 4 is 0 Å². The molecule has 0 amide bonds. The maximum Gasteiger partial charge on any atom is 0.140 e. The molecule has 90 valence electrons. The van der Waals surface area contributed by atoms with Crippen molar-refractivity contribution in [2.75, 3.05) is 6.61 Å². The topological polar surface area (TPSA) is 59.0 Å². The molecule has 2 rings (SSSR count). The summed E-state index contributed by atoms with van der Waals surface area (Å²) < 4.78 is 5.80. The Labute approximate surface area is 102 Å². The summed E-state index contributed by atoms with van der Waals surface area (Å²) in [5, 5.41) is 9.04. The van der Waals surface area contributed by atoms with Gasteiger partial charge in [0, 0.05) is 0 Å². The Morgan fingerprint density at radius 3 is 2.76 bits per heavy atom. The zero-order valence-corrected chi connectivity index (χ0v) is 10.2. The smallest absolute Gasteiger partial charge is 0.140 e. The second-order valence-corrected chi connectivity index (χ2v) is 4.92. The van der Waals surface area contributed by atoms with Crippen molar-refractivity contribution in [3.8, 4) is 11.8 Å². The van der Waals surface area contributed by atoms with Gasteiger partial charge in [-0.05, 0) is 31.4 Å². The number of para-hydroxylation sites is 1. The van der Waals surface area contributed by atoms with Crippen LogP contribution in [-0.4, -0.2) is 12.1 Å². The molecule has 1 aliphatic rings. The summed E-state index contributed by atoms with van der Waals surface area (Å²) in [6.45, 7) is 2.46. The minimum absolute atomic E-state index is 0.199. The summed E-state index contributed by atoms with van der Waals surface area (Å²) in [6.07, 6.45) is 4.39. The number of rotatable bonds is 3. The molecule has 1 saturated carbocycles. The summed E-state index contributed by atoms with van der Waals surface area (Å²) in [6, 6.07) is 7.76. The van der Waals surface area contributed by atoms with Gasteiger partial charge in [-0.25, -0.2) is 0 Å². The fraction of sp³-hybridized carbons (Fsp3) is 0.500. The van der Waals surface area contributed by atoms with Crippen LogP contribution in [0.4, 0.5) is 0 Å². The van der Waals surface area contributed by atoms with Crippen molar-refractivity contribution in [2.45, 2.75) is 38.1 Å². The molecule has 0 bridgehead atoms. The Morgan fingerprint density at radius 2 is 2.12 bits per heavy atom. The largest absolute Gasteiger partial charge is 0.490 e. The molecule has 1 aromatic carbocycles. The highest BCUT2D eigenvalue weighted by molar-refractivity contribution is 5.47. The fourth-order valence-corrected chi connectivity index (χ4v) is 2.37. The van der Waals surface area contributed by atoms with Crippen LogP contribution in [0.2, 0.25) is 0 Å². The van der Waals surface area contributed by atoms with Crippen LogP contribution in [0.25, 0.3) is 0 Å². The van der Waals surface area contributed by atoms with Crippen molar-refractivity contribution in [3.05, 3.63) is 29.3 Å². The van der Waals surface area contributed by atoms with Gasteiger partial charge < -0.3 is 10.5 Å². The van der Waals surface area contributed by atoms with Crippen LogP contribution < -0.4 is 10.5 Å². The number of nitriles is 1. The molecule has 1 aromatic rings. The Morgan fingerprint density at radius 1 is 1.41 bits per heavy atom. The lowest BCUT2D eigenvalue weighted by atomic mass is 10.0. The van der Waals surface area contributed by atoms with Gasteiger partial charge in [0.1, 0.15) is 18.4 Å². The molecule has 0 atom stereocenters. The molecule has 0 radical (unpaired) electrons. The van der Waals surface area contributed by atoms with E-state index < -0.39 is 0 Å². The lowest BCUT2D eigenvalue weighted by molar-refractivity contribution is 0.219. The lowest BCUT2D eigenvalue weighted by Crippen LogP contribution is -2.42. The number of nitrogens with zero attached hydrogens (tertiary/aromatic N) is 1. The minimum Gasteiger partial charge on any atom is -0.490 e. The molecule has 2 N–H and O–H groups in total. The summed E-state index contributed by atoms with van der Waals surface area (Å²) in [5.74, 6) is 0.687. The Hall–Kier alpha value is -1.53. The monoisotopic (exact) mass is 230 g/mol. The summed E-state index contributed by atoms with van der Waals surface area (Å²) in [7, 11) is 0. The molecule has 0 heterocycles. The van der Waals surface area contributed by atoms with Gasteiger partial charge in [0.2, 0.25) is 0 Å². The Bertz CT molecular complexity index is 442. The molecule has 1 aliphatic carbocycles. The quantitative estimate of drug-likeness (QED) is 0.868. The van der Waals surface area contributed by atoms with Crippen molar-refractivity contribution in [2.24, 2.45) is 5.73 Å². The third-order valence-electron chi connectivity index (χ3n) is 3.44. The highest BCUT2D eigenvalue weighted by atomic mass is 16.5. The lowest BCUT2D eigenvalue weighted by Gasteiger charge is -2.24. The zero-order valence-electron chi connectivity index (χ0n) is 10.2. The first-order chi connectivity index (χ1) is 8.14. The standard InChI is InChI=1S/C14H18N2O/c1-11-5-4-6-12(9-15)13(11)17-10-14(16)7-2-3-8-14/h4-6H,2-3,7-8,10,16H2,1H3. The number of hydrogen-bond donors (Lipinski definition) is 1. The Kier molecular flexibility index (Phi) is 3.35. The summed E-state index contributed by atoms with van der Waals surface area (Å²) in [5.41, 5.74) is 7.62. The van der Waals surface area contributed by atoms with Crippen LogP contribution in [0, 0.1) is 18.3 Å². The molecule has 0 saturated heterocycles. The number of hydrogen-bond acceptors (Lipinski definition) is 3. The Balaban J connectivity index is 2.11. The molecule has 0 spiro atoms. The van der Waals surface area contributed by atoms with E-state index in [4.69, 9.17) is 15.7 Å². The van der Waals surface area contributed by atoms with Crippen LogP contribution in [0.5, 0.6) is 5.75 Å². The van der Waals surface area contributed by atoms with E-state index >= 15 is 0 Å². The van der Waals surface area contributed by atoms with Gasteiger partial charge in [0.15, 0.2) is 0 Å². The van der Waals surface area contributed by atoms with Crippen molar-refractivity contribution < 1.29 is 4.74 Å². The van der Waals surface area contributed by atoms with E-state index in [1.165, 1.54) is 12.8 Å². The zero-order chi connectivity index (χ0) is 12.3.